The van der Waals surface area contributed by atoms with Crippen molar-refractivity contribution >= 4 is 16.8 Å². The Hall–Kier alpha value is -3.46. The van der Waals surface area contributed by atoms with Crippen LogP contribution in [0.25, 0.3) is 10.9 Å². The second-order valence-electron chi connectivity index (χ2n) is 5.36. The molecule has 5 nitrogen and oxygen atoms in total. The molecule has 2 aromatic carbocycles. The number of pyridine rings is 1. The summed E-state index contributed by atoms with van der Waals surface area (Å²) in [4.78, 5) is 16.6. The lowest BCUT2D eigenvalue weighted by atomic mass is 10.1. The van der Waals surface area contributed by atoms with Gasteiger partial charge in [-0.3, -0.25) is 4.79 Å². The molecule has 1 heterocycles. The Kier molecular flexibility index (Phi) is 4.57. The van der Waals surface area contributed by atoms with Crippen LogP contribution in [0.4, 0.5) is 4.39 Å². The second-order valence-corrected chi connectivity index (χ2v) is 5.36. The molecule has 1 N–H and O–H groups in total. The van der Waals surface area contributed by atoms with Crippen LogP contribution in [0.1, 0.15) is 21.6 Å². The maximum atomic E-state index is 13.8. The number of nitrogens with zero attached hydrogens (tertiary/aromatic N) is 2. The van der Waals surface area contributed by atoms with E-state index in [-0.39, 0.29) is 17.8 Å². The number of aromatic nitrogens is 1. The Labute approximate surface area is 143 Å². The summed E-state index contributed by atoms with van der Waals surface area (Å²) < 4.78 is 19.0. The van der Waals surface area contributed by atoms with Crippen LogP contribution >= 0.6 is 0 Å². The van der Waals surface area contributed by atoms with E-state index in [4.69, 9.17) is 10.00 Å². The van der Waals surface area contributed by atoms with Crippen LogP contribution in [0.15, 0.2) is 48.5 Å². The quantitative estimate of drug-likeness (QED) is 0.794. The average Bonchev–Trinajstić information content (AvgIpc) is 2.65. The highest BCUT2D eigenvalue weighted by molar-refractivity contribution is 5.95. The molecule has 0 spiro atoms. The van der Waals surface area contributed by atoms with Crippen molar-refractivity contribution in [2.24, 2.45) is 0 Å². The van der Waals surface area contributed by atoms with Crippen molar-refractivity contribution < 1.29 is 13.9 Å². The first kappa shape index (κ1) is 16.4. The molecule has 0 unspecified atom stereocenters. The van der Waals surface area contributed by atoms with E-state index >= 15 is 0 Å². The van der Waals surface area contributed by atoms with Crippen molar-refractivity contribution in [2.45, 2.75) is 6.54 Å². The van der Waals surface area contributed by atoms with E-state index in [0.717, 1.165) is 11.5 Å². The van der Waals surface area contributed by atoms with Gasteiger partial charge in [-0.05, 0) is 36.4 Å². The molecule has 0 radical (unpaired) electrons. The summed E-state index contributed by atoms with van der Waals surface area (Å²) in [6.45, 7) is 0.0126. The monoisotopic (exact) mass is 335 g/mol. The molecule has 0 aliphatic rings. The van der Waals surface area contributed by atoms with Gasteiger partial charge in [0.05, 0.1) is 24.3 Å². The van der Waals surface area contributed by atoms with Gasteiger partial charge in [0.25, 0.3) is 5.91 Å². The highest BCUT2D eigenvalue weighted by atomic mass is 19.1. The van der Waals surface area contributed by atoms with Crippen LogP contribution < -0.4 is 10.1 Å². The smallest absolute Gasteiger partial charge is 0.270 e. The number of hydrogen-bond acceptors (Lipinski definition) is 4. The van der Waals surface area contributed by atoms with Crippen LogP contribution in [-0.2, 0) is 6.54 Å². The molecule has 0 atom stereocenters. The van der Waals surface area contributed by atoms with E-state index in [2.05, 4.69) is 10.3 Å². The first-order valence-corrected chi connectivity index (χ1v) is 7.52. The molecule has 0 aliphatic heterocycles. The molecular formula is C19H14FN3O2. The fourth-order valence-corrected chi connectivity index (χ4v) is 2.38. The summed E-state index contributed by atoms with van der Waals surface area (Å²) in [7, 11) is 1.58. The summed E-state index contributed by atoms with van der Waals surface area (Å²) in [5, 5.41) is 12.2. The van der Waals surface area contributed by atoms with Crippen molar-refractivity contribution in [2.75, 3.05) is 7.11 Å². The minimum absolute atomic E-state index is 0.0126. The lowest BCUT2D eigenvalue weighted by molar-refractivity contribution is 0.0946. The van der Waals surface area contributed by atoms with Crippen molar-refractivity contribution in [1.82, 2.24) is 10.3 Å². The second kappa shape index (κ2) is 6.97. The van der Waals surface area contributed by atoms with Gasteiger partial charge in [-0.25, -0.2) is 9.37 Å². The number of methoxy groups -OCH3 is 1. The van der Waals surface area contributed by atoms with Gasteiger partial charge in [-0.1, -0.05) is 12.1 Å². The number of carbonyl (C=O) groups is 1. The van der Waals surface area contributed by atoms with Gasteiger partial charge in [0.15, 0.2) is 0 Å². The van der Waals surface area contributed by atoms with Crippen LogP contribution in [0.3, 0.4) is 0 Å². The normalized spacial score (nSPS) is 10.3. The summed E-state index contributed by atoms with van der Waals surface area (Å²) >= 11 is 0. The molecule has 124 valence electrons. The number of benzene rings is 2. The van der Waals surface area contributed by atoms with E-state index in [9.17, 15) is 9.18 Å². The summed E-state index contributed by atoms with van der Waals surface area (Å²) in [5.74, 6) is -0.220. The predicted octanol–water partition coefficient (Wildman–Crippen LogP) is 3.18. The molecule has 0 bridgehead atoms. The topological polar surface area (TPSA) is 75.0 Å². The third kappa shape index (κ3) is 3.56. The molecule has 0 aliphatic carbocycles. The lowest BCUT2D eigenvalue weighted by Gasteiger charge is -2.07. The lowest BCUT2D eigenvalue weighted by Crippen LogP contribution is -2.24. The van der Waals surface area contributed by atoms with Gasteiger partial charge < -0.3 is 10.1 Å². The van der Waals surface area contributed by atoms with Gasteiger partial charge in [-0.15, -0.1) is 0 Å². The fourth-order valence-electron chi connectivity index (χ4n) is 2.38. The molecule has 25 heavy (non-hydrogen) atoms. The first-order valence-electron chi connectivity index (χ1n) is 7.52. The minimum Gasteiger partial charge on any atom is -0.497 e. The molecule has 0 saturated carbocycles. The first-order chi connectivity index (χ1) is 12.1. The van der Waals surface area contributed by atoms with Gasteiger partial charge in [0, 0.05) is 17.5 Å². The molecule has 3 aromatic rings. The van der Waals surface area contributed by atoms with E-state index in [0.29, 0.717) is 16.8 Å². The van der Waals surface area contributed by atoms with Crippen molar-refractivity contribution in [3.8, 4) is 11.8 Å². The van der Waals surface area contributed by atoms with Crippen LogP contribution in [-0.4, -0.2) is 18.0 Å². The maximum absolute atomic E-state index is 13.8. The number of nitriles is 1. The Morgan fingerprint density at radius 3 is 2.80 bits per heavy atom. The number of amides is 1. The van der Waals surface area contributed by atoms with Crippen LogP contribution in [0.5, 0.6) is 5.75 Å². The molecule has 1 amide bonds. The standard InChI is InChI=1S/C19H14FN3O2/c1-25-15-5-7-17-13(9-15)4-6-18(23-17)19(24)22-11-14-3-2-12(10-21)8-16(14)20/h2-9H,11H2,1H3,(H,22,24). The zero-order chi connectivity index (χ0) is 17.8. The maximum Gasteiger partial charge on any atom is 0.270 e. The van der Waals surface area contributed by atoms with Gasteiger partial charge in [-0.2, -0.15) is 5.26 Å². The number of hydrogen-bond donors (Lipinski definition) is 1. The van der Waals surface area contributed by atoms with Crippen molar-refractivity contribution in [3.05, 3.63) is 71.2 Å². The number of fused-ring (bicyclic) bond motifs is 1. The van der Waals surface area contributed by atoms with Crippen LogP contribution in [0, 0.1) is 17.1 Å². The fraction of sp³-hybridized carbons (Fsp3) is 0.105. The molecular weight excluding hydrogens is 321 g/mol. The molecule has 0 saturated heterocycles. The minimum atomic E-state index is -0.530. The summed E-state index contributed by atoms with van der Waals surface area (Å²) in [5.41, 5.74) is 1.45. The summed E-state index contributed by atoms with van der Waals surface area (Å²) in [6.07, 6.45) is 0. The zero-order valence-electron chi connectivity index (χ0n) is 13.4. The number of carbonyl (C=O) groups excluding carboxylic acids is 1. The molecule has 1 aromatic heterocycles. The zero-order valence-corrected chi connectivity index (χ0v) is 13.4. The van der Waals surface area contributed by atoms with E-state index in [1.54, 1.807) is 31.4 Å². The number of nitrogens with one attached hydrogen (secondary N) is 1. The van der Waals surface area contributed by atoms with E-state index in [1.807, 2.05) is 12.1 Å². The Morgan fingerprint density at radius 1 is 1.24 bits per heavy atom. The Bertz CT molecular complexity index is 996. The van der Waals surface area contributed by atoms with E-state index < -0.39 is 11.7 Å². The third-order valence-electron chi connectivity index (χ3n) is 3.75. The number of ether oxygens (including phenoxy) is 1. The largest absolute Gasteiger partial charge is 0.497 e. The molecule has 6 heteroatoms. The molecule has 3 rings (SSSR count). The molecule has 0 fully saturated rings. The van der Waals surface area contributed by atoms with E-state index in [1.165, 1.54) is 12.1 Å². The van der Waals surface area contributed by atoms with Crippen LogP contribution in [0.2, 0.25) is 0 Å². The van der Waals surface area contributed by atoms with Crippen molar-refractivity contribution in [3.63, 3.8) is 0 Å². The van der Waals surface area contributed by atoms with Crippen molar-refractivity contribution in [1.29, 1.82) is 5.26 Å². The number of rotatable bonds is 4. The van der Waals surface area contributed by atoms with Gasteiger partial charge in [0.2, 0.25) is 0 Å². The average molecular weight is 335 g/mol. The highest BCUT2D eigenvalue weighted by Crippen LogP contribution is 2.19. The van der Waals surface area contributed by atoms with Gasteiger partial charge in [0.1, 0.15) is 17.3 Å². The SMILES string of the molecule is COc1ccc2nc(C(=O)NCc3ccc(C#N)cc3F)ccc2c1. The number of halogens is 1. The summed E-state index contributed by atoms with van der Waals surface area (Å²) in [6, 6.07) is 14.7. The van der Waals surface area contributed by atoms with Gasteiger partial charge >= 0.3 is 0 Å². The third-order valence-corrected chi connectivity index (χ3v) is 3.75. The Balaban J connectivity index is 1.75. The highest BCUT2D eigenvalue weighted by Gasteiger charge is 2.10. The predicted molar refractivity (Wildman–Crippen MR) is 90.6 cm³/mol. The Morgan fingerprint density at radius 2 is 2.08 bits per heavy atom.